The van der Waals surface area contributed by atoms with Crippen LogP contribution in [0.2, 0.25) is 0 Å². The van der Waals surface area contributed by atoms with Crippen LogP contribution in [0.3, 0.4) is 0 Å². The van der Waals surface area contributed by atoms with Gasteiger partial charge in [0, 0.05) is 17.6 Å². The van der Waals surface area contributed by atoms with E-state index in [2.05, 4.69) is 10.3 Å². The summed E-state index contributed by atoms with van der Waals surface area (Å²) in [4.78, 5) is 4.28. The molecule has 3 nitrogen and oxygen atoms in total. The van der Waals surface area contributed by atoms with Crippen molar-refractivity contribution >= 4 is 10.9 Å². The Labute approximate surface area is 100 Å². The lowest BCUT2D eigenvalue weighted by Crippen LogP contribution is -2.28. The van der Waals surface area contributed by atoms with Crippen molar-refractivity contribution in [3.8, 4) is 0 Å². The lowest BCUT2D eigenvalue weighted by Gasteiger charge is -2.18. The first-order chi connectivity index (χ1) is 8.34. The van der Waals surface area contributed by atoms with E-state index in [0.29, 0.717) is 0 Å². The molecule has 2 atom stereocenters. The second kappa shape index (κ2) is 4.43. The van der Waals surface area contributed by atoms with Crippen LogP contribution in [0.1, 0.15) is 24.5 Å². The lowest BCUT2D eigenvalue weighted by molar-refractivity contribution is 0.137. The molecule has 0 saturated carbocycles. The summed E-state index contributed by atoms with van der Waals surface area (Å²) < 4.78 is 0. The van der Waals surface area contributed by atoms with Crippen LogP contribution in [-0.2, 0) is 0 Å². The number of nitrogens with one attached hydrogen (secondary N) is 1. The summed E-state index contributed by atoms with van der Waals surface area (Å²) in [7, 11) is 0. The largest absolute Gasteiger partial charge is 0.387 e. The molecule has 0 spiro atoms. The van der Waals surface area contributed by atoms with E-state index in [9.17, 15) is 5.11 Å². The van der Waals surface area contributed by atoms with Gasteiger partial charge in [0.1, 0.15) is 0 Å². The summed E-state index contributed by atoms with van der Waals surface area (Å²) in [5, 5.41) is 14.7. The van der Waals surface area contributed by atoms with Crippen molar-refractivity contribution in [2.45, 2.75) is 25.0 Å². The predicted molar refractivity (Wildman–Crippen MR) is 67.7 cm³/mol. The minimum atomic E-state index is -0.415. The van der Waals surface area contributed by atoms with Gasteiger partial charge in [-0.2, -0.15) is 0 Å². The Bertz CT molecular complexity index is 520. The summed E-state index contributed by atoms with van der Waals surface area (Å²) in [6.07, 6.45) is 3.57. The zero-order chi connectivity index (χ0) is 11.7. The average Bonchev–Trinajstić information content (AvgIpc) is 2.91. The molecule has 3 rings (SSSR count). The standard InChI is InChI=1S/C14H16N2O/c17-14(13-4-2-8-16-13)11-5-6-12-10(9-11)3-1-7-15-12/h1,3,5-7,9,13-14,16-17H,2,4,8H2. The molecule has 1 aliphatic rings. The molecular weight excluding hydrogens is 212 g/mol. The number of aromatic nitrogens is 1. The summed E-state index contributed by atoms with van der Waals surface area (Å²) in [5.41, 5.74) is 1.95. The minimum absolute atomic E-state index is 0.198. The topological polar surface area (TPSA) is 45.2 Å². The van der Waals surface area contributed by atoms with Crippen molar-refractivity contribution in [2.75, 3.05) is 6.54 Å². The summed E-state index contributed by atoms with van der Waals surface area (Å²) >= 11 is 0. The number of aliphatic hydroxyl groups is 1. The van der Waals surface area contributed by atoms with Crippen molar-refractivity contribution in [1.82, 2.24) is 10.3 Å². The van der Waals surface area contributed by atoms with Gasteiger partial charge in [-0.25, -0.2) is 0 Å². The van der Waals surface area contributed by atoms with E-state index >= 15 is 0 Å². The summed E-state index contributed by atoms with van der Waals surface area (Å²) in [5.74, 6) is 0. The van der Waals surface area contributed by atoms with E-state index in [1.165, 1.54) is 0 Å². The zero-order valence-corrected chi connectivity index (χ0v) is 9.63. The van der Waals surface area contributed by atoms with Crippen LogP contribution in [0, 0.1) is 0 Å². The van der Waals surface area contributed by atoms with Gasteiger partial charge in [-0.3, -0.25) is 4.98 Å². The first-order valence-corrected chi connectivity index (χ1v) is 6.11. The third-order valence-corrected chi connectivity index (χ3v) is 3.45. The van der Waals surface area contributed by atoms with E-state index in [1.54, 1.807) is 6.20 Å². The highest BCUT2D eigenvalue weighted by Gasteiger charge is 2.23. The Kier molecular flexibility index (Phi) is 2.79. The Hall–Kier alpha value is -1.45. The Balaban J connectivity index is 1.94. The van der Waals surface area contributed by atoms with Gasteiger partial charge in [0.15, 0.2) is 0 Å². The van der Waals surface area contributed by atoms with Crippen LogP contribution >= 0.6 is 0 Å². The van der Waals surface area contributed by atoms with Gasteiger partial charge >= 0.3 is 0 Å². The lowest BCUT2D eigenvalue weighted by atomic mass is 9.99. The Morgan fingerprint density at radius 2 is 2.29 bits per heavy atom. The van der Waals surface area contributed by atoms with Crippen LogP contribution in [-0.4, -0.2) is 22.7 Å². The first kappa shape index (κ1) is 10.7. The molecular formula is C14H16N2O. The normalized spacial score (nSPS) is 21.8. The first-order valence-electron chi connectivity index (χ1n) is 6.11. The van der Waals surface area contributed by atoms with E-state index in [-0.39, 0.29) is 6.04 Å². The maximum Gasteiger partial charge on any atom is 0.0943 e. The second-order valence-corrected chi connectivity index (χ2v) is 4.60. The molecule has 1 fully saturated rings. The molecule has 88 valence electrons. The van der Waals surface area contributed by atoms with Crippen molar-refractivity contribution in [2.24, 2.45) is 0 Å². The Morgan fingerprint density at radius 1 is 1.35 bits per heavy atom. The fourth-order valence-corrected chi connectivity index (χ4v) is 2.49. The maximum atomic E-state index is 10.3. The molecule has 1 aliphatic heterocycles. The van der Waals surface area contributed by atoms with Gasteiger partial charge in [-0.05, 0) is 43.1 Å². The molecule has 2 heterocycles. The van der Waals surface area contributed by atoms with Crippen molar-refractivity contribution in [3.63, 3.8) is 0 Å². The summed E-state index contributed by atoms with van der Waals surface area (Å²) in [6, 6.07) is 10.1. The molecule has 0 aliphatic carbocycles. The fourth-order valence-electron chi connectivity index (χ4n) is 2.49. The van der Waals surface area contributed by atoms with Gasteiger partial charge in [-0.1, -0.05) is 12.1 Å². The van der Waals surface area contributed by atoms with Crippen molar-refractivity contribution in [3.05, 3.63) is 42.1 Å². The van der Waals surface area contributed by atoms with E-state index in [1.807, 2.05) is 30.3 Å². The van der Waals surface area contributed by atoms with Crippen LogP contribution in [0.25, 0.3) is 10.9 Å². The number of hydrogen-bond acceptors (Lipinski definition) is 3. The predicted octanol–water partition coefficient (Wildman–Crippen LogP) is 2.02. The molecule has 2 N–H and O–H groups in total. The van der Waals surface area contributed by atoms with E-state index < -0.39 is 6.10 Å². The molecule has 1 aromatic heterocycles. The van der Waals surface area contributed by atoms with Crippen LogP contribution < -0.4 is 5.32 Å². The number of nitrogens with zero attached hydrogens (tertiary/aromatic N) is 1. The molecule has 0 radical (unpaired) electrons. The average molecular weight is 228 g/mol. The highest BCUT2D eigenvalue weighted by atomic mass is 16.3. The number of pyridine rings is 1. The third kappa shape index (κ3) is 2.04. The van der Waals surface area contributed by atoms with Crippen LogP contribution in [0.5, 0.6) is 0 Å². The smallest absolute Gasteiger partial charge is 0.0943 e. The zero-order valence-electron chi connectivity index (χ0n) is 9.63. The van der Waals surface area contributed by atoms with Crippen molar-refractivity contribution < 1.29 is 5.11 Å². The van der Waals surface area contributed by atoms with Gasteiger partial charge < -0.3 is 10.4 Å². The highest BCUT2D eigenvalue weighted by Crippen LogP contribution is 2.25. The number of hydrogen-bond donors (Lipinski definition) is 2. The molecule has 17 heavy (non-hydrogen) atoms. The number of benzene rings is 1. The second-order valence-electron chi connectivity index (χ2n) is 4.60. The molecule has 2 unspecified atom stereocenters. The highest BCUT2D eigenvalue weighted by molar-refractivity contribution is 5.79. The van der Waals surface area contributed by atoms with Crippen LogP contribution in [0.15, 0.2) is 36.5 Å². The van der Waals surface area contributed by atoms with Gasteiger partial charge in [0.05, 0.1) is 11.6 Å². The molecule has 3 heteroatoms. The van der Waals surface area contributed by atoms with Crippen LogP contribution in [0.4, 0.5) is 0 Å². The molecule has 0 amide bonds. The van der Waals surface area contributed by atoms with E-state index in [0.717, 1.165) is 35.9 Å². The molecule has 1 aromatic carbocycles. The van der Waals surface area contributed by atoms with Gasteiger partial charge in [0.25, 0.3) is 0 Å². The number of aliphatic hydroxyl groups excluding tert-OH is 1. The maximum absolute atomic E-state index is 10.3. The third-order valence-electron chi connectivity index (χ3n) is 3.45. The SMILES string of the molecule is OC(c1ccc2ncccc2c1)C1CCCN1. The quantitative estimate of drug-likeness (QED) is 0.826. The minimum Gasteiger partial charge on any atom is -0.387 e. The van der Waals surface area contributed by atoms with E-state index in [4.69, 9.17) is 0 Å². The molecule has 2 aromatic rings. The number of rotatable bonds is 2. The Morgan fingerprint density at radius 3 is 3.12 bits per heavy atom. The monoisotopic (exact) mass is 228 g/mol. The molecule has 0 bridgehead atoms. The van der Waals surface area contributed by atoms with Crippen molar-refractivity contribution in [1.29, 1.82) is 0 Å². The molecule has 1 saturated heterocycles. The number of fused-ring (bicyclic) bond motifs is 1. The van der Waals surface area contributed by atoms with Gasteiger partial charge in [0.2, 0.25) is 0 Å². The van der Waals surface area contributed by atoms with Gasteiger partial charge in [-0.15, -0.1) is 0 Å². The summed E-state index contributed by atoms with van der Waals surface area (Å²) in [6.45, 7) is 1.01. The fraction of sp³-hybridized carbons (Fsp3) is 0.357.